The lowest BCUT2D eigenvalue weighted by atomic mass is 9.78. The number of carbonyl (C=O) groups is 3. The molecule has 0 saturated carbocycles. The number of likely N-dealkylation sites (tertiary alicyclic amines) is 1. The Morgan fingerprint density at radius 1 is 1.10 bits per heavy atom. The number of nitrogens with one attached hydrogen (secondary N) is 1. The van der Waals surface area contributed by atoms with Gasteiger partial charge in [-0.3, -0.25) is 19.3 Å². The largest absolute Gasteiger partial charge is 0.336 e. The smallest absolute Gasteiger partial charge is 0.254 e. The maximum atomic E-state index is 13.4. The summed E-state index contributed by atoms with van der Waals surface area (Å²) in [4.78, 5) is 41.6. The fourth-order valence-electron chi connectivity index (χ4n) is 4.64. The summed E-state index contributed by atoms with van der Waals surface area (Å²) in [7, 11) is 1.80. The first-order valence-corrected chi connectivity index (χ1v) is 9.79. The maximum absolute atomic E-state index is 13.4. The molecule has 0 spiro atoms. The molecule has 0 radical (unpaired) electrons. The van der Waals surface area contributed by atoms with Gasteiger partial charge in [0.05, 0.1) is 17.0 Å². The SMILES string of the molecule is CC(=O)Nc1ccc(CN2C[C@H]3N(C)C(=O)c4ccccc4C(=O)[C@@]3(C)C2)cc1. The van der Waals surface area contributed by atoms with Crippen LogP contribution in [0, 0.1) is 5.41 Å². The van der Waals surface area contributed by atoms with Gasteiger partial charge in [0.15, 0.2) is 5.78 Å². The van der Waals surface area contributed by atoms with Gasteiger partial charge in [0, 0.05) is 44.9 Å². The minimum absolute atomic E-state index is 0.0410. The number of amides is 2. The highest BCUT2D eigenvalue weighted by Crippen LogP contribution is 2.40. The van der Waals surface area contributed by atoms with Crippen LogP contribution in [0.4, 0.5) is 5.69 Å². The molecule has 6 heteroatoms. The standard InChI is InChI=1S/C23H25N3O3/c1-15(27)24-17-10-8-16(9-11-17)12-26-13-20-23(2,14-26)21(28)18-6-4-5-7-19(18)22(29)25(20)3/h4-11,20H,12-14H2,1-3H3,(H,24,27)/t20-,23+/m1/s1. The molecule has 1 saturated heterocycles. The molecule has 0 aliphatic carbocycles. The number of likely N-dealkylation sites (N-methyl/N-ethyl adjacent to an activating group) is 1. The molecule has 0 bridgehead atoms. The van der Waals surface area contributed by atoms with E-state index in [2.05, 4.69) is 10.2 Å². The van der Waals surface area contributed by atoms with Gasteiger partial charge in [0.2, 0.25) is 5.91 Å². The molecule has 0 unspecified atom stereocenters. The Labute approximate surface area is 170 Å². The van der Waals surface area contributed by atoms with E-state index in [0.717, 1.165) is 11.3 Å². The minimum atomic E-state index is -0.646. The highest BCUT2D eigenvalue weighted by molar-refractivity contribution is 6.12. The van der Waals surface area contributed by atoms with Gasteiger partial charge in [0.1, 0.15) is 0 Å². The van der Waals surface area contributed by atoms with Crippen molar-refractivity contribution in [1.29, 1.82) is 0 Å². The van der Waals surface area contributed by atoms with Gasteiger partial charge >= 0.3 is 0 Å². The molecule has 1 N–H and O–H groups in total. The van der Waals surface area contributed by atoms with Gasteiger partial charge < -0.3 is 10.2 Å². The Morgan fingerprint density at radius 3 is 2.41 bits per heavy atom. The van der Waals surface area contributed by atoms with E-state index in [1.54, 1.807) is 30.1 Å². The quantitative estimate of drug-likeness (QED) is 0.874. The predicted octanol–water partition coefficient (Wildman–Crippen LogP) is 2.80. The molecule has 4 rings (SSSR count). The number of hydrogen-bond donors (Lipinski definition) is 1. The summed E-state index contributed by atoms with van der Waals surface area (Å²) in [5.41, 5.74) is 2.23. The van der Waals surface area contributed by atoms with Gasteiger partial charge in [-0.2, -0.15) is 0 Å². The number of rotatable bonds is 3. The van der Waals surface area contributed by atoms with Gasteiger partial charge in [-0.1, -0.05) is 30.3 Å². The van der Waals surface area contributed by atoms with Gasteiger partial charge in [-0.15, -0.1) is 0 Å². The van der Waals surface area contributed by atoms with Crippen LogP contribution in [0.5, 0.6) is 0 Å². The molecule has 2 aromatic rings. The molecule has 2 heterocycles. The monoisotopic (exact) mass is 391 g/mol. The Balaban J connectivity index is 1.58. The topological polar surface area (TPSA) is 69.7 Å². The first-order valence-electron chi connectivity index (χ1n) is 9.79. The Kier molecular flexibility index (Phi) is 4.74. The second-order valence-electron chi connectivity index (χ2n) is 8.27. The van der Waals surface area contributed by atoms with Crippen molar-refractivity contribution in [2.45, 2.75) is 26.4 Å². The number of anilines is 1. The number of fused-ring (bicyclic) bond motifs is 2. The normalized spacial score (nSPS) is 24.1. The zero-order valence-corrected chi connectivity index (χ0v) is 16.9. The van der Waals surface area contributed by atoms with Gasteiger partial charge in [-0.05, 0) is 30.7 Å². The van der Waals surface area contributed by atoms with Crippen molar-refractivity contribution in [1.82, 2.24) is 9.80 Å². The van der Waals surface area contributed by atoms with Crippen molar-refractivity contribution in [3.05, 3.63) is 65.2 Å². The second kappa shape index (κ2) is 7.12. The third-order valence-corrected chi connectivity index (χ3v) is 6.11. The predicted molar refractivity (Wildman–Crippen MR) is 111 cm³/mol. The molecule has 0 aromatic heterocycles. The van der Waals surface area contributed by atoms with Crippen LogP contribution in [0.1, 0.15) is 40.1 Å². The van der Waals surface area contributed by atoms with E-state index in [1.165, 1.54) is 6.92 Å². The lowest BCUT2D eigenvalue weighted by Gasteiger charge is -2.32. The lowest BCUT2D eigenvalue weighted by Crippen LogP contribution is -2.47. The average Bonchev–Trinajstić information content (AvgIpc) is 3.02. The summed E-state index contributed by atoms with van der Waals surface area (Å²) in [6.07, 6.45) is 0. The third kappa shape index (κ3) is 3.34. The van der Waals surface area contributed by atoms with E-state index in [4.69, 9.17) is 0 Å². The van der Waals surface area contributed by atoms with Crippen LogP contribution in [-0.4, -0.2) is 53.6 Å². The summed E-state index contributed by atoms with van der Waals surface area (Å²) < 4.78 is 0. The summed E-state index contributed by atoms with van der Waals surface area (Å²) in [5, 5.41) is 2.76. The van der Waals surface area contributed by atoms with Crippen LogP contribution in [-0.2, 0) is 11.3 Å². The molecule has 29 heavy (non-hydrogen) atoms. The van der Waals surface area contributed by atoms with E-state index >= 15 is 0 Å². The van der Waals surface area contributed by atoms with Crippen molar-refractivity contribution in [3.8, 4) is 0 Å². The van der Waals surface area contributed by atoms with E-state index in [-0.39, 0.29) is 23.6 Å². The highest BCUT2D eigenvalue weighted by atomic mass is 16.2. The van der Waals surface area contributed by atoms with Crippen LogP contribution in [0.25, 0.3) is 0 Å². The molecule has 2 aliphatic heterocycles. The fourth-order valence-corrected chi connectivity index (χ4v) is 4.64. The summed E-state index contributed by atoms with van der Waals surface area (Å²) >= 11 is 0. The average molecular weight is 391 g/mol. The molecule has 2 atom stereocenters. The van der Waals surface area contributed by atoms with Crippen molar-refractivity contribution < 1.29 is 14.4 Å². The number of hydrogen-bond acceptors (Lipinski definition) is 4. The minimum Gasteiger partial charge on any atom is -0.336 e. The van der Waals surface area contributed by atoms with E-state index in [9.17, 15) is 14.4 Å². The maximum Gasteiger partial charge on any atom is 0.254 e. The number of ketones is 1. The molecule has 2 aromatic carbocycles. The van der Waals surface area contributed by atoms with Gasteiger partial charge in [0.25, 0.3) is 5.91 Å². The van der Waals surface area contributed by atoms with Crippen LogP contribution < -0.4 is 5.32 Å². The molecule has 150 valence electrons. The van der Waals surface area contributed by atoms with E-state index in [0.29, 0.717) is 30.8 Å². The molecular formula is C23H25N3O3. The summed E-state index contributed by atoms with van der Waals surface area (Å²) in [6, 6.07) is 14.7. The number of Topliss-reactive ketones (excluding diaryl/α,β-unsaturated/α-hetero) is 1. The van der Waals surface area contributed by atoms with E-state index in [1.807, 2.05) is 37.3 Å². The van der Waals surface area contributed by atoms with E-state index < -0.39 is 5.41 Å². The molecule has 2 aliphatic rings. The summed E-state index contributed by atoms with van der Waals surface area (Å²) in [5.74, 6) is -0.152. The first kappa shape index (κ1) is 19.3. The molecular weight excluding hydrogens is 366 g/mol. The second-order valence-corrected chi connectivity index (χ2v) is 8.27. The van der Waals surface area contributed by atoms with Crippen LogP contribution in [0.15, 0.2) is 48.5 Å². The fraction of sp³-hybridized carbons (Fsp3) is 0.348. The number of benzene rings is 2. The zero-order valence-electron chi connectivity index (χ0n) is 16.9. The zero-order chi connectivity index (χ0) is 20.8. The van der Waals surface area contributed by atoms with Crippen molar-refractivity contribution in [3.63, 3.8) is 0 Å². The van der Waals surface area contributed by atoms with Crippen LogP contribution >= 0.6 is 0 Å². The van der Waals surface area contributed by atoms with Crippen molar-refractivity contribution in [2.24, 2.45) is 5.41 Å². The molecule has 1 fully saturated rings. The first-order chi connectivity index (χ1) is 13.8. The Morgan fingerprint density at radius 2 is 1.76 bits per heavy atom. The van der Waals surface area contributed by atoms with Crippen molar-refractivity contribution in [2.75, 3.05) is 25.5 Å². The molecule has 2 amide bonds. The van der Waals surface area contributed by atoms with Crippen molar-refractivity contribution >= 4 is 23.3 Å². The summed E-state index contributed by atoms with van der Waals surface area (Å²) in [6.45, 7) is 5.38. The lowest BCUT2D eigenvalue weighted by molar-refractivity contribution is -0.114. The Hall–Kier alpha value is -2.99. The number of carbonyl (C=O) groups excluding carboxylic acids is 3. The third-order valence-electron chi connectivity index (χ3n) is 6.11. The Bertz CT molecular complexity index is 985. The van der Waals surface area contributed by atoms with Crippen LogP contribution in [0.3, 0.4) is 0 Å². The van der Waals surface area contributed by atoms with Crippen LogP contribution in [0.2, 0.25) is 0 Å². The van der Waals surface area contributed by atoms with Gasteiger partial charge in [-0.25, -0.2) is 0 Å². The molecule has 6 nitrogen and oxygen atoms in total. The number of nitrogens with zero attached hydrogens (tertiary/aromatic N) is 2. The highest BCUT2D eigenvalue weighted by Gasteiger charge is 2.53.